The van der Waals surface area contributed by atoms with Crippen molar-refractivity contribution >= 4 is 10.8 Å². The average molecular weight is 275 g/mol. The lowest BCUT2D eigenvalue weighted by atomic mass is 9.86. The molecule has 2 aliphatic heterocycles. The summed E-state index contributed by atoms with van der Waals surface area (Å²) < 4.78 is 12.0. The second kappa shape index (κ2) is 4.73. The van der Waals surface area contributed by atoms with Gasteiger partial charge in [0.25, 0.3) is 0 Å². The van der Waals surface area contributed by atoms with Gasteiger partial charge in [-0.15, -0.1) is 0 Å². The van der Waals surface area contributed by atoms with Crippen LogP contribution in [0.25, 0.3) is 0 Å². The third-order valence-electron chi connectivity index (χ3n) is 4.30. The van der Waals surface area contributed by atoms with Gasteiger partial charge in [0.2, 0.25) is 0 Å². The number of hydrogen-bond donors (Lipinski definition) is 1. The van der Waals surface area contributed by atoms with E-state index >= 15 is 0 Å². The highest BCUT2D eigenvalue weighted by molar-refractivity contribution is 7.86. The summed E-state index contributed by atoms with van der Waals surface area (Å²) in [5, 5.41) is 19.9. The number of benzene rings is 1. The normalized spacial score (nSPS) is 36.9. The van der Waals surface area contributed by atoms with Crippen LogP contribution in [-0.4, -0.2) is 25.4 Å². The zero-order valence-electron chi connectivity index (χ0n) is 10.7. The summed E-state index contributed by atoms with van der Waals surface area (Å²) in [4.78, 5) is 0. The van der Waals surface area contributed by atoms with Gasteiger partial charge in [-0.05, 0) is 43.4 Å². The molecule has 19 heavy (non-hydrogen) atoms. The van der Waals surface area contributed by atoms with E-state index < -0.39 is 16.4 Å². The molecule has 2 heterocycles. The minimum absolute atomic E-state index is 0.183. The molecule has 3 rings (SSSR count). The maximum absolute atomic E-state index is 12.0. The van der Waals surface area contributed by atoms with Gasteiger partial charge >= 0.3 is 0 Å². The van der Waals surface area contributed by atoms with Gasteiger partial charge in [0, 0.05) is 27.7 Å². The molecule has 0 saturated carbocycles. The van der Waals surface area contributed by atoms with Gasteiger partial charge in [-0.1, -0.05) is 12.1 Å². The highest BCUT2D eigenvalue weighted by Gasteiger charge is 2.47. The average Bonchev–Trinajstić information content (AvgIpc) is 2.63. The first-order valence-corrected chi connectivity index (χ1v) is 7.98. The molecule has 2 bridgehead atoms. The van der Waals surface area contributed by atoms with E-state index in [1.54, 1.807) is 12.1 Å². The predicted octanol–water partition coefficient (Wildman–Crippen LogP) is 1.91. The van der Waals surface area contributed by atoms with E-state index in [0.29, 0.717) is 24.8 Å². The van der Waals surface area contributed by atoms with Crippen LogP contribution in [0, 0.1) is 11.3 Å². The lowest BCUT2D eigenvalue weighted by Gasteiger charge is -2.36. The molecule has 3 nitrogen and oxygen atoms in total. The van der Waals surface area contributed by atoms with E-state index in [0.717, 1.165) is 18.4 Å². The second-order valence-corrected chi connectivity index (χ2v) is 7.76. The van der Waals surface area contributed by atoms with Crippen molar-refractivity contribution in [2.45, 2.75) is 48.2 Å². The molecule has 100 valence electrons. The van der Waals surface area contributed by atoms with Crippen LogP contribution in [-0.2, 0) is 17.2 Å². The van der Waals surface area contributed by atoms with Gasteiger partial charge in [-0.3, -0.25) is 4.21 Å². The van der Waals surface area contributed by atoms with Gasteiger partial charge in [0.15, 0.2) is 0 Å². The number of hydrogen-bond acceptors (Lipinski definition) is 3. The van der Waals surface area contributed by atoms with E-state index in [-0.39, 0.29) is 10.5 Å². The molecule has 1 N–H and O–H groups in total. The minimum Gasteiger partial charge on any atom is -0.389 e. The van der Waals surface area contributed by atoms with Crippen LogP contribution in [0.15, 0.2) is 24.3 Å². The van der Waals surface area contributed by atoms with Crippen LogP contribution in [0.1, 0.15) is 36.8 Å². The molecule has 2 atom stereocenters. The fourth-order valence-corrected chi connectivity index (χ4v) is 5.63. The Morgan fingerprint density at radius 1 is 1.26 bits per heavy atom. The number of nitrogens with zero attached hydrogens (tertiary/aromatic N) is 1. The van der Waals surface area contributed by atoms with Crippen molar-refractivity contribution < 1.29 is 9.32 Å². The highest BCUT2D eigenvalue weighted by atomic mass is 32.2. The van der Waals surface area contributed by atoms with Crippen molar-refractivity contribution in [1.82, 2.24) is 0 Å². The molecule has 0 amide bonds. The SMILES string of the molecule is N#Cc1ccc(CC2(O)CC3CCC(C2)S3=O)cc1. The zero-order chi connectivity index (χ0) is 13.5. The van der Waals surface area contributed by atoms with E-state index in [1.807, 2.05) is 12.1 Å². The van der Waals surface area contributed by atoms with Gasteiger partial charge in [0.05, 0.1) is 17.2 Å². The van der Waals surface area contributed by atoms with Crippen molar-refractivity contribution in [3.63, 3.8) is 0 Å². The molecule has 0 radical (unpaired) electrons. The summed E-state index contributed by atoms with van der Waals surface area (Å²) in [7, 11) is -0.731. The van der Waals surface area contributed by atoms with Crippen LogP contribution < -0.4 is 0 Å². The second-order valence-electron chi connectivity index (χ2n) is 5.77. The Balaban J connectivity index is 1.75. The molecule has 2 unspecified atom stereocenters. The van der Waals surface area contributed by atoms with Gasteiger partial charge in [-0.25, -0.2) is 0 Å². The van der Waals surface area contributed by atoms with Crippen molar-refractivity contribution in [1.29, 1.82) is 5.26 Å². The quantitative estimate of drug-likeness (QED) is 0.896. The smallest absolute Gasteiger partial charge is 0.0991 e. The van der Waals surface area contributed by atoms with E-state index in [1.165, 1.54) is 0 Å². The molecule has 2 saturated heterocycles. The first kappa shape index (κ1) is 12.8. The lowest BCUT2D eigenvalue weighted by Crippen LogP contribution is -2.44. The third kappa shape index (κ3) is 2.45. The molecule has 2 aliphatic rings. The zero-order valence-corrected chi connectivity index (χ0v) is 11.5. The number of aliphatic hydroxyl groups is 1. The maximum atomic E-state index is 12.0. The monoisotopic (exact) mass is 275 g/mol. The number of rotatable bonds is 2. The topological polar surface area (TPSA) is 61.1 Å². The maximum Gasteiger partial charge on any atom is 0.0991 e. The Morgan fingerprint density at radius 2 is 1.84 bits per heavy atom. The third-order valence-corrected chi connectivity index (χ3v) is 6.42. The molecular weight excluding hydrogens is 258 g/mol. The summed E-state index contributed by atoms with van der Waals surface area (Å²) >= 11 is 0. The summed E-state index contributed by atoms with van der Waals surface area (Å²) in [6.07, 6.45) is 3.88. The van der Waals surface area contributed by atoms with E-state index in [2.05, 4.69) is 6.07 Å². The van der Waals surface area contributed by atoms with Crippen molar-refractivity contribution in [3.8, 4) is 6.07 Å². The first-order valence-electron chi connectivity index (χ1n) is 6.70. The molecule has 1 aromatic carbocycles. The molecule has 2 fully saturated rings. The lowest BCUT2D eigenvalue weighted by molar-refractivity contribution is 0.0230. The van der Waals surface area contributed by atoms with E-state index in [9.17, 15) is 9.32 Å². The summed E-state index contributed by atoms with van der Waals surface area (Å²) in [6, 6.07) is 9.48. The Hall–Kier alpha value is -1.18. The fourth-order valence-electron chi connectivity index (χ4n) is 3.40. The number of nitriles is 1. The molecular formula is C15H17NO2S. The predicted molar refractivity (Wildman–Crippen MR) is 74.0 cm³/mol. The van der Waals surface area contributed by atoms with Crippen molar-refractivity contribution in [2.24, 2.45) is 0 Å². The van der Waals surface area contributed by atoms with E-state index in [4.69, 9.17) is 5.26 Å². The summed E-state index contributed by atoms with van der Waals surface area (Å²) in [5.41, 5.74) is 0.975. The fraction of sp³-hybridized carbons (Fsp3) is 0.533. The Labute approximate surface area is 115 Å². The van der Waals surface area contributed by atoms with Gasteiger partial charge in [-0.2, -0.15) is 5.26 Å². The summed E-state index contributed by atoms with van der Waals surface area (Å²) in [6.45, 7) is 0. The molecule has 0 aromatic heterocycles. The first-order chi connectivity index (χ1) is 9.09. The highest BCUT2D eigenvalue weighted by Crippen LogP contribution is 2.42. The van der Waals surface area contributed by atoms with Crippen LogP contribution in [0.4, 0.5) is 0 Å². The molecule has 0 spiro atoms. The van der Waals surface area contributed by atoms with Crippen molar-refractivity contribution in [2.75, 3.05) is 0 Å². The Kier molecular flexibility index (Phi) is 3.20. The Morgan fingerprint density at radius 3 is 2.37 bits per heavy atom. The van der Waals surface area contributed by atoms with Crippen LogP contribution in [0.3, 0.4) is 0 Å². The molecule has 0 aliphatic carbocycles. The summed E-state index contributed by atoms with van der Waals surface area (Å²) in [5.74, 6) is 0. The number of fused-ring (bicyclic) bond motifs is 2. The van der Waals surface area contributed by atoms with Crippen LogP contribution in [0.2, 0.25) is 0 Å². The largest absolute Gasteiger partial charge is 0.389 e. The standard InChI is InChI=1S/C15H17NO2S/c16-10-12-3-1-11(2-4-12)7-15(17)8-13-5-6-14(9-15)19(13)18/h1-4,13-14,17H,5-9H2. The van der Waals surface area contributed by atoms with Crippen LogP contribution >= 0.6 is 0 Å². The van der Waals surface area contributed by atoms with Gasteiger partial charge < -0.3 is 5.11 Å². The molecule has 4 heteroatoms. The van der Waals surface area contributed by atoms with Crippen LogP contribution in [0.5, 0.6) is 0 Å². The Bertz CT molecular complexity index is 530. The van der Waals surface area contributed by atoms with Gasteiger partial charge in [0.1, 0.15) is 0 Å². The minimum atomic E-state index is -0.731. The molecule has 1 aromatic rings. The van der Waals surface area contributed by atoms with Crippen molar-refractivity contribution in [3.05, 3.63) is 35.4 Å².